The molecule has 1 fully saturated rings. The number of piperidine rings is 1. The molecule has 1 N–H and O–H groups in total. The Morgan fingerprint density at radius 3 is 2.88 bits per heavy atom. The predicted octanol–water partition coefficient (Wildman–Crippen LogP) is 2.14. The molecule has 0 aromatic rings. The Hall–Kier alpha value is -0.540. The summed E-state index contributed by atoms with van der Waals surface area (Å²) in [5, 5.41) is 3.55. The Kier molecular flexibility index (Phi) is 5.33. The third kappa shape index (κ3) is 4.32. The molecule has 2 aliphatic heterocycles. The van der Waals surface area contributed by atoms with Crippen molar-refractivity contribution in [1.82, 2.24) is 10.2 Å². The van der Waals surface area contributed by atoms with E-state index in [2.05, 4.69) is 23.2 Å². The molecule has 2 heterocycles. The van der Waals surface area contributed by atoms with Crippen LogP contribution in [0.4, 0.5) is 0 Å². The fourth-order valence-electron chi connectivity index (χ4n) is 2.68. The van der Waals surface area contributed by atoms with Crippen LogP contribution in [0.5, 0.6) is 0 Å². The lowest BCUT2D eigenvalue weighted by molar-refractivity contribution is 0.116. The molecule has 1 saturated heterocycles. The lowest BCUT2D eigenvalue weighted by Crippen LogP contribution is -2.44. The molecule has 0 spiro atoms. The minimum atomic E-state index is 0.383. The van der Waals surface area contributed by atoms with E-state index in [4.69, 9.17) is 4.74 Å². The molecule has 0 radical (unpaired) electrons. The van der Waals surface area contributed by atoms with E-state index in [0.717, 1.165) is 25.9 Å². The quantitative estimate of drug-likeness (QED) is 0.794. The van der Waals surface area contributed by atoms with E-state index in [1.165, 1.54) is 32.4 Å². The van der Waals surface area contributed by atoms with Crippen LogP contribution in [0.2, 0.25) is 0 Å². The summed E-state index contributed by atoms with van der Waals surface area (Å²) in [6.45, 7) is 6.98. The van der Waals surface area contributed by atoms with Gasteiger partial charge in [-0.3, -0.25) is 4.90 Å². The molecule has 0 aromatic carbocycles. The maximum Gasteiger partial charge on any atom is 0.110 e. The van der Waals surface area contributed by atoms with Crippen molar-refractivity contribution in [3.05, 3.63) is 12.3 Å². The molecular weight excluding hydrogens is 212 g/mol. The van der Waals surface area contributed by atoms with Crippen molar-refractivity contribution >= 4 is 0 Å². The zero-order valence-corrected chi connectivity index (χ0v) is 11.0. The van der Waals surface area contributed by atoms with Crippen LogP contribution in [0.25, 0.3) is 0 Å². The molecule has 0 aliphatic carbocycles. The maximum absolute atomic E-state index is 5.55. The summed E-state index contributed by atoms with van der Waals surface area (Å²) in [4.78, 5) is 2.61. The summed E-state index contributed by atoms with van der Waals surface area (Å²) in [5.41, 5.74) is 0. The number of allylic oxidation sites excluding steroid dienone is 1. The number of ether oxygens (including phenoxy) is 1. The highest BCUT2D eigenvalue weighted by atomic mass is 16.5. The van der Waals surface area contributed by atoms with Crippen molar-refractivity contribution in [2.45, 2.75) is 51.2 Å². The monoisotopic (exact) mass is 238 g/mol. The molecular formula is C14H26N2O. The SMILES string of the molecule is CC(CNCC1CCC=CO1)N1CCCCC1. The third-order valence-corrected chi connectivity index (χ3v) is 3.85. The summed E-state index contributed by atoms with van der Waals surface area (Å²) >= 11 is 0. The predicted molar refractivity (Wildman–Crippen MR) is 71.0 cm³/mol. The molecule has 3 heteroatoms. The molecule has 0 amide bonds. The Morgan fingerprint density at radius 1 is 1.35 bits per heavy atom. The number of nitrogens with one attached hydrogen (secondary N) is 1. The molecule has 2 aliphatic rings. The fraction of sp³-hybridized carbons (Fsp3) is 0.857. The van der Waals surface area contributed by atoms with Crippen molar-refractivity contribution in [2.24, 2.45) is 0 Å². The first kappa shape index (κ1) is 12.9. The molecule has 0 saturated carbocycles. The summed E-state index contributed by atoms with van der Waals surface area (Å²) in [6.07, 6.45) is 10.8. The van der Waals surface area contributed by atoms with E-state index in [0.29, 0.717) is 12.1 Å². The number of hydrogen-bond donors (Lipinski definition) is 1. The molecule has 98 valence electrons. The van der Waals surface area contributed by atoms with Crippen molar-refractivity contribution in [1.29, 1.82) is 0 Å². The zero-order valence-electron chi connectivity index (χ0n) is 11.0. The van der Waals surface area contributed by atoms with Gasteiger partial charge >= 0.3 is 0 Å². The van der Waals surface area contributed by atoms with E-state index in [1.54, 1.807) is 0 Å². The highest BCUT2D eigenvalue weighted by Gasteiger charge is 2.17. The van der Waals surface area contributed by atoms with E-state index >= 15 is 0 Å². The summed E-state index contributed by atoms with van der Waals surface area (Å²) in [7, 11) is 0. The molecule has 0 aromatic heterocycles. The second kappa shape index (κ2) is 7.02. The highest BCUT2D eigenvalue weighted by molar-refractivity contribution is 4.83. The van der Waals surface area contributed by atoms with Crippen LogP contribution in [0, 0.1) is 0 Å². The topological polar surface area (TPSA) is 24.5 Å². The standard InChI is InChI=1S/C14H26N2O/c1-13(16-8-4-2-5-9-16)11-15-12-14-7-3-6-10-17-14/h6,10,13-15H,2-5,7-9,11-12H2,1H3. The van der Waals surface area contributed by atoms with Gasteiger partial charge in [-0.2, -0.15) is 0 Å². The van der Waals surface area contributed by atoms with Crippen LogP contribution in [-0.2, 0) is 4.74 Å². The van der Waals surface area contributed by atoms with Gasteiger partial charge in [0.25, 0.3) is 0 Å². The smallest absolute Gasteiger partial charge is 0.110 e. The number of nitrogens with zero attached hydrogens (tertiary/aromatic N) is 1. The zero-order chi connectivity index (χ0) is 11.9. The first-order chi connectivity index (χ1) is 8.36. The highest BCUT2D eigenvalue weighted by Crippen LogP contribution is 2.12. The Balaban J connectivity index is 1.58. The van der Waals surface area contributed by atoms with Gasteiger partial charge in [0.05, 0.1) is 6.26 Å². The van der Waals surface area contributed by atoms with Crippen LogP contribution in [0.3, 0.4) is 0 Å². The normalized spacial score (nSPS) is 27.7. The first-order valence-corrected chi connectivity index (χ1v) is 7.11. The van der Waals surface area contributed by atoms with Gasteiger partial charge < -0.3 is 10.1 Å². The maximum atomic E-state index is 5.55. The molecule has 17 heavy (non-hydrogen) atoms. The van der Waals surface area contributed by atoms with E-state index in [-0.39, 0.29) is 0 Å². The first-order valence-electron chi connectivity index (χ1n) is 7.11. The van der Waals surface area contributed by atoms with Gasteiger partial charge in [0, 0.05) is 19.1 Å². The summed E-state index contributed by atoms with van der Waals surface area (Å²) in [5.74, 6) is 0. The van der Waals surface area contributed by atoms with Crippen LogP contribution in [-0.4, -0.2) is 43.2 Å². The van der Waals surface area contributed by atoms with Gasteiger partial charge in [-0.05, 0) is 51.8 Å². The van der Waals surface area contributed by atoms with Gasteiger partial charge in [-0.25, -0.2) is 0 Å². The average molecular weight is 238 g/mol. The molecule has 2 atom stereocenters. The van der Waals surface area contributed by atoms with Crippen LogP contribution < -0.4 is 5.32 Å². The van der Waals surface area contributed by atoms with E-state index in [9.17, 15) is 0 Å². The van der Waals surface area contributed by atoms with Crippen LogP contribution in [0.1, 0.15) is 39.0 Å². The lowest BCUT2D eigenvalue weighted by atomic mass is 10.1. The molecule has 2 unspecified atom stereocenters. The molecule has 2 rings (SSSR count). The summed E-state index contributed by atoms with van der Waals surface area (Å²) in [6, 6.07) is 0.662. The number of hydrogen-bond acceptors (Lipinski definition) is 3. The summed E-state index contributed by atoms with van der Waals surface area (Å²) < 4.78 is 5.55. The Morgan fingerprint density at radius 2 is 2.18 bits per heavy atom. The van der Waals surface area contributed by atoms with Gasteiger partial charge in [-0.1, -0.05) is 6.42 Å². The van der Waals surface area contributed by atoms with Crippen LogP contribution in [0.15, 0.2) is 12.3 Å². The van der Waals surface area contributed by atoms with E-state index < -0.39 is 0 Å². The van der Waals surface area contributed by atoms with Gasteiger partial charge in [0.2, 0.25) is 0 Å². The molecule has 3 nitrogen and oxygen atoms in total. The third-order valence-electron chi connectivity index (χ3n) is 3.85. The molecule has 0 bridgehead atoms. The average Bonchev–Trinajstić information content (AvgIpc) is 2.41. The minimum Gasteiger partial charge on any atom is -0.497 e. The van der Waals surface area contributed by atoms with Crippen molar-refractivity contribution in [3.8, 4) is 0 Å². The Bertz CT molecular complexity index is 236. The van der Waals surface area contributed by atoms with Gasteiger partial charge in [0.1, 0.15) is 6.10 Å². The lowest BCUT2D eigenvalue weighted by Gasteiger charge is -2.32. The second-order valence-corrected chi connectivity index (χ2v) is 5.31. The second-order valence-electron chi connectivity index (χ2n) is 5.31. The minimum absolute atomic E-state index is 0.383. The van der Waals surface area contributed by atoms with Crippen molar-refractivity contribution in [2.75, 3.05) is 26.2 Å². The van der Waals surface area contributed by atoms with Crippen molar-refractivity contribution < 1.29 is 4.74 Å². The number of likely N-dealkylation sites (tertiary alicyclic amines) is 1. The van der Waals surface area contributed by atoms with E-state index in [1.807, 2.05) is 6.26 Å². The number of rotatable bonds is 5. The van der Waals surface area contributed by atoms with Gasteiger partial charge in [0.15, 0.2) is 0 Å². The largest absolute Gasteiger partial charge is 0.497 e. The van der Waals surface area contributed by atoms with Gasteiger partial charge in [-0.15, -0.1) is 0 Å². The van der Waals surface area contributed by atoms with Crippen LogP contribution >= 0.6 is 0 Å². The Labute approximate surface area is 105 Å². The van der Waals surface area contributed by atoms with Crippen molar-refractivity contribution in [3.63, 3.8) is 0 Å². The fourth-order valence-corrected chi connectivity index (χ4v) is 2.68.